The van der Waals surface area contributed by atoms with Gasteiger partial charge in [-0.2, -0.15) is 9.50 Å². The summed E-state index contributed by atoms with van der Waals surface area (Å²) < 4.78 is 1.83. The first-order valence-electron chi connectivity index (χ1n) is 7.19. The SMILES string of the molecule is CCSc1nc2nccc(-c3cccc4ccccc34)n2n1. The molecule has 0 atom stereocenters. The fourth-order valence-electron chi connectivity index (χ4n) is 2.62. The Morgan fingerprint density at radius 1 is 1.05 bits per heavy atom. The zero-order valence-corrected chi connectivity index (χ0v) is 12.9. The second-order valence-electron chi connectivity index (χ2n) is 4.90. The van der Waals surface area contributed by atoms with Crippen LogP contribution in [-0.4, -0.2) is 25.3 Å². The molecule has 0 amide bonds. The maximum absolute atomic E-state index is 4.59. The average molecular weight is 306 g/mol. The van der Waals surface area contributed by atoms with Gasteiger partial charge in [-0.3, -0.25) is 0 Å². The predicted octanol–water partition coefficient (Wildman–Crippen LogP) is 4.06. The third kappa shape index (κ3) is 2.14. The summed E-state index contributed by atoms with van der Waals surface area (Å²) in [6.07, 6.45) is 1.79. The fourth-order valence-corrected chi connectivity index (χ4v) is 3.16. The van der Waals surface area contributed by atoms with Crippen molar-refractivity contribution in [2.45, 2.75) is 12.1 Å². The summed E-state index contributed by atoms with van der Waals surface area (Å²) in [4.78, 5) is 8.80. The summed E-state index contributed by atoms with van der Waals surface area (Å²) in [6.45, 7) is 2.09. The van der Waals surface area contributed by atoms with Crippen LogP contribution >= 0.6 is 11.8 Å². The lowest BCUT2D eigenvalue weighted by Gasteiger charge is -2.07. The van der Waals surface area contributed by atoms with E-state index in [1.807, 2.05) is 10.6 Å². The van der Waals surface area contributed by atoms with Crippen LogP contribution in [0.2, 0.25) is 0 Å². The molecule has 4 aromatic rings. The van der Waals surface area contributed by atoms with Gasteiger partial charge in [-0.25, -0.2) is 4.98 Å². The van der Waals surface area contributed by atoms with Crippen LogP contribution in [0.25, 0.3) is 27.8 Å². The van der Waals surface area contributed by atoms with Gasteiger partial charge in [0.05, 0.1) is 5.69 Å². The maximum Gasteiger partial charge on any atom is 0.253 e. The van der Waals surface area contributed by atoms with Gasteiger partial charge >= 0.3 is 0 Å². The normalized spacial score (nSPS) is 11.3. The Hall–Kier alpha value is -2.40. The van der Waals surface area contributed by atoms with E-state index in [1.165, 1.54) is 10.8 Å². The molecule has 0 N–H and O–H groups in total. The molecular weight excluding hydrogens is 292 g/mol. The van der Waals surface area contributed by atoms with Crippen molar-refractivity contribution in [3.8, 4) is 11.3 Å². The number of fused-ring (bicyclic) bond motifs is 2. The minimum Gasteiger partial charge on any atom is -0.220 e. The first-order valence-corrected chi connectivity index (χ1v) is 8.18. The number of nitrogens with zero attached hydrogens (tertiary/aromatic N) is 4. The lowest BCUT2D eigenvalue weighted by Crippen LogP contribution is -1.96. The van der Waals surface area contributed by atoms with Gasteiger partial charge in [-0.1, -0.05) is 61.2 Å². The van der Waals surface area contributed by atoms with E-state index in [4.69, 9.17) is 0 Å². The van der Waals surface area contributed by atoms with Crippen LogP contribution in [0, 0.1) is 0 Å². The smallest absolute Gasteiger partial charge is 0.220 e. The number of hydrogen-bond donors (Lipinski definition) is 0. The van der Waals surface area contributed by atoms with Gasteiger partial charge in [0.1, 0.15) is 0 Å². The van der Waals surface area contributed by atoms with E-state index in [2.05, 4.69) is 64.5 Å². The summed E-state index contributed by atoms with van der Waals surface area (Å²) in [5.74, 6) is 1.59. The largest absolute Gasteiger partial charge is 0.253 e. The van der Waals surface area contributed by atoms with Gasteiger partial charge < -0.3 is 0 Å². The van der Waals surface area contributed by atoms with Crippen LogP contribution < -0.4 is 0 Å². The Labute approximate surface area is 132 Å². The monoisotopic (exact) mass is 306 g/mol. The number of hydrogen-bond acceptors (Lipinski definition) is 4. The Kier molecular flexibility index (Phi) is 3.27. The Morgan fingerprint density at radius 2 is 1.91 bits per heavy atom. The second kappa shape index (κ2) is 5.42. The Balaban J connectivity index is 2.00. The first kappa shape index (κ1) is 13.3. The lowest BCUT2D eigenvalue weighted by molar-refractivity contribution is 0.887. The number of aromatic nitrogens is 4. The molecule has 2 heterocycles. The molecule has 0 fully saturated rings. The quantitative estimate of drug-likeness (QED) is 0.535. The van der Waals surface area contributed by atoms with Gasteiger partial charge in [-0.15, -0.1) is 5.10 Å². The predicted molar refractivity (Wildman–Crippen MR) is 90.1 cm³/mol. The molecule has 0 unspecified atom stereocenters. The first-order chi connectivity index (χ1) is 10.9. The molecule has 108 valence electrons. The van der Waals surface area contributed by atoms with Crippen LogP contribution in [0.1, 0.15) is 6.92 Å². The summed E-state index contributed by atoms with van der Waals surface area (Å²) in [7, 11) is 0. The highest BCUT2D eigenvalue weighted by Gasteiger charge is 2.11. The fraction of sp³-hybridized carbons (Fsp3) is 0.118. The van der Waals surface area contributed by atoms with Crippen LogP contribution in [0.4, 0.5) is 0 Å². The van der Waals surface area contributed by atoms with Crippen molar-refractivity contribution >= 4 is 28.3 Å². The minimum atomic E-state index is 0.640. The van der Waals surface area contributed by atoms with Gasteiger partial charge in [0.25, 0.3) is 5.78 Å². The van der Waals surface area contributed by atoms with Crippen molar-refractivity contribution in [1.29, 1.82) is 0 Å². The topological polar surface area (TPSA) is 43.1 Å². The zero-order chi connectivity index (χ0) is 14.9. The molecule has 2 aromatic carbocycles. The molecule has 4 nitrogen and oxygen atoms in total. The Bertz CT molecular complexity index is 956. The molecule has 0 radical (unpaired) electrons. The van der Waals surface area contributed by atoms with Crippen LogP contribution in [0.3, 0.4) is 0 Å². The average Bonchev–Trinajstić information content (AvgIpc) is 2.97. The molecule has 2 aromatic heterocycles. The molecule has 0 aliphatic carbocycles. The summed E-state index contributed by atoms with van der Waals surface area (Å²) in [6, 6.07) is 16.7. The highest BCUT2D eigenvalue weighted by atomic mass is 32.2. The summed E-state index contributed by atoms with van der Waals surface area (Å²) in [5, 5.41) is 7.78. The highest BCUT2D eigenvalue weighted by Crippen LogP contribution is 2.28. The molecule has 0 saturated carbocycles. The number of rotatable bonds is 3. The molecule has 0 bridgehead atoms. The van der Waals surface area contributed by atoms with Gasteiger partial charge in [-0.05, 0) is 22.6 Å². The van der Waals surface area contributed by atoms with Gasteiger partial charge in [0, 0.05) is 11.8 Å². The number of benzene rings is 2. The van der Waals surface area contributed by atoms with Crippen LogP contribution in [-0.2, 0) is 0 Å². The minimum absolute atomic E-state index is 0.640. The molecule has 0 saturated heterocycles. The van der Waals surface area contributed by atoms with Crippen molar-refractivity contribution in [2.75, 3.05) is 5.75 Å². The molecule has 0 spiro atoms. The summed E-state index contributed by atoms with van der Waals surface area (Å²) in [5.41, 5.74) is 2.15. The van der Waals surface area contributed by atoms with Gasteiger partial charge in [0.2, 0.25) is 5.16 Å². The van der Waals surface area contributed by atoms with Crippen molar-refractivity contribution in [3.63, 3.8) is 0 Å². The van der Waals surface area contributed by atoms with Crippen molar-refractivity contribution in [2.24, 2.45) is 0 Å². The molecule has 0 aliphatic rings. The second-order valence-corrected chi connectivity index (χ2v) is 6.13. The maximum atomic E-state index is 4.59. The van der Waals surface area contributed by atoms with E-state index >= 15 is 0 Å². The standard InChI is InChI=1S/C17H14N4S/c1-2-22-17-19-16-18-11-10-15(21(16)20-17)14-9-5-7-12-6-3-4-8-13(12)14/h3-11H,2H2,1H3. The molecular formula is C17H14N4S. The van der Waals surface area contributed by atoms with E-state index in [0.29, 0.717) is 5.78 Å². The molecule has 4 rings (SSSR count). The van der Waals surface area contributed by atoms with E-state index in [0.717, 1.165) is 22.2 Å². The van der Waals surface area contributed by atoms with Crippen molar-refractivity contribution in [3.05, 3.63) is 54.7 Å². The van der Waals surface area contributed by atoms with Crippen LogP contribution in [0.15, 0.2) is 59.9 Å². The van der Waals surface area contributed by atoms with E-state index in [9.17, 15) is 0 Å². The van der Waals surface area contributed by atoms with E-state index in [-0.39, 0.29) is 0 Å². The third-order valence-corrected chi connectivity index (χ3v) is 4.28. The third-order valence-electron chi connectivity index (χ3n) is 3.56. The van der Waals surface area contributed by atoms with Gasteiger partial charge in [0.15, 0.2) is 0 Å². The number of thioether (sulfide) groups is 1. The summed E-state index contributed by atoms with van der Waals surface area (Å²) >= 11 is 1.63. The van der Waals surface area contributed by atoms with Crippen LogP contribution in [0.5, 0.6) is 0 Å². The molecule has 5 heteroatoms. The highest BCUT2D eigenvalue weighted by molar-refractivity contribution is 7.99. The van der Waals surface area contributed by atoms with Crippen molar-refractivity contribution in [1.82, 2.24) is 19.6 Å². The molecule has 22 heavy (non-hydrogen) atoms. The van der Waals surface area contributed by atoms with E-state index < -0.39 is 0 Å². The Morgan fingerprint density at radius 3 is 2.82 bits per heavy atom. The zero-order valence-electron chi connectivity index (χ0n) is 12.1. The lowest BCUT2D eigenvalue weighted by atomic mass is 10.0. The van der Waals surface area contributed by atoms with Crippen molar-refractivity contribution < 1.29 is 0 Å². The van der Waals surface area contributed by atoms with E-state index in [1.54, 1.807) is 18.0 Å². The molecule has 0 aliphatic heterocycles.